The molecule has 3 aromatic carbocycles. The van der Waals surface area contributed by atoms with E-state index in [0.717, 1.165) is 31.2 Å². The van der Waals surface area contributed by atoms with E-state index in [0.29, 0.717) is 122 Å². The molecule has 0 saturated carbocycles. The van der Waals surface area contributed by atoms with Crippen LogP contribution in [0.25, 0.3) is 0 Å². The van der Waals surface area contributed by atoms with Gasteiger partial charge in [-0.2, -0.15) is 0 Å². The molecule has 328 valence electrons. The van der Waals surface area contributed by atoms with Gasteiger partial charge in [0.2, 0.25) is 0 Å². The number of aromatic amines is 1. The van der Waals surface area contributed by atoms with E-state index in [4.69, 9.17) is 53.8 Å². The number of hydrogen-bond acceptors (Lipinski definition) is 13. The van der Waals surface area contributed by atoms with Gasteiger partial charge in [-0.1, -0.05) is 17.3 Å². The highest BCUT2D eigenvalue weighted by Gasteiger charge is 2.21. The molecule has 0 fully saturated rings. The molecule has 0 radical (unpaired) electrons. The van der Waals surface area contributed by atoms with Gasteiger partial charge in [0.15, 0.2) is 11.7 Å². The van der Waals surface area contributed by atoms with E-state index in [1.54, 1.807) is 6.20 Å². The van der Waals surface area contributed by atoms with Crippen LogP contribution >= 0.6 is 90.4 Å². The van der Waals surface area contributed by atoms with Crippen LogP contribution in [0.15, 0.2) is 54.7 Å². The van der Waals surface area contributed by atoms with Gasteiger partial charge < -0.3 is 58.8 Å². The van der Waals surface area contributed by atoms with Crippen LogP contribution in [0.1, 0.15) is 29.3 Å². The molecule has 21 heteroatoms. The van der Waals surface area contributed by atoms with Gasteiger partial charge >= 0.3 is 5.97 Å². The minimum atomic E-state index is -0.879. The van der Waals surface area contributed by atoms with Crippen LogP contribution < -0.4 is 25.3 Å². The van der Waals surface area contributed by atoms with Gasteiger partial charge in [0.05, 0.1) is 100.0 Å². The fourth-order valence-electron chi connectivity index (χ4n) is 5.10. The molecule has 0 aliphatic rings. The molecule has 1 aromatic heterocycles. The average molecular weight is 1280 g/mol. The maximum atomic E-state index is 11.2. The number of benzene rings is 3. The average Bonchev–Trinajstić information content (AvgIpc) is 3.75. The molecule has 0 spiro atoms. The Kier molecular flexibility index (Phi) is 24.4. The number of ether oxygens (including phenoxy) is 9. The first-order valence-electron chi connectivity index (χ1n) is 18.7. The number of guanidine groups is 1. The first-order chi connectivity index (χ1) is 29.1. The monoisotopic (exact) mass is 1280 g/mol. The van der Waals surface area contributed by atoms with Crippen molar-refractivity contribution < 1.29 is 52.5 Å². The fourth-order valence-corrected chi connectivity index (χ4v) is 9.18. The number of nitrogens with one attached hydrogen (secondary N) is 3. The summed E-state index contributed by atoms with van der Waals surface area (Å²) in [6.07, 6.45) is 1.79. The topological polar surface area (TPSA) is 224 Å². The third kappa shape index (κ3) is 19.8. The Morgan fingerprint density at radius 2 is 1.20 bits per heavy atom. The lowest BCUT2D eigenvalue weighted by Crippen LogP contribution is -2.29. The van der Waals surface area contributed by atoms with E-state index in [9.17, 15) is 9.90 Å². The summed E-state index contributed by atoms with van der Waals surface area (Å²) in [5.74, 6) is 1.81. The number of nitrogens with two attached hydrogens (primary N) is 1. The number of halogens is 4. The largest absolute Gasteiger partial charge is 0.491 e. The van der Waals surface area contributed by atoms with Crippen molar-refractivity contribution in [2.24, 2.45) is 5.73 Å². The molecule has 17 nitrogen and oxygen atoms in total. The van der Waals surface area contributed by atoms with Crippen molar-refractivity contribution >= 4 is 102 Å². The molecular weight excluding hydrogens is 1240 g/mol. The molecule has 1 heterocycles. The van der Waals surface area contributed by atoms with Gasteiger partial charge in [0.1, 0.15) is 35.7 Å². The predicted molar refractivity (Wildman–Crippen MR) is 255 cm³/mol. The van der Waals surface area contributed by atoms with Crippen molar-refractivity contribution in [1.29, 1.82) is 5.41 Å². The van der Waals surface area contributed by atoms with E-state index in [1.165, 1.54) is 0 Å². The molecule has 0 saturated heterocycles. The fraction of sp³-hybridized carbons (Fsp3) is 0.436. The first kappa shape index (κ1) is 50.3. The van der Waals surface area contributed by atoms with Gasteiger partial charge in [0.25, 0.3) is 0 Å². The van der Waals surface area contributed by atoms with E-state index < -0.39 is 12.1 Å². The molecule has 6 N–H and O–H groups in total. The second kappa shape index (κ2) is 29.1. The summed E-state index contributed by atoms with van der Waals surface area (Å²) in [5, 5.41) is 29.9. The Balaban J connectivity index is 0.992. The molecular formula is C39H48I4N6O11. The minimum Gasteiger partial charge on any atom is -0.491 e. The van der Waals surface area contributed by atoms with Crippen molar-refractivity contribution in [2.75, 3.05) is 85.9 Å². The van der Waals surface area contributed by atoms with Gasteiger partial charge in [0, 0.05) is 19.2 Å². The van der Waals surface area contributed by atoms with Crippen LogP contribution in [0.2, 0.25) is 0 Å². The number of carbonyl (C=O) groups is 1. The SMILES string of the molecule is N=C(N)NCc1ccc(OCCOCCOCCOCCOCCOCCOCCC(Oc2c(I)cc(Oc3c(I)cc(CC(=O)O)cc3I)cc2I)c2c[nH]nn2)cc1. The van der Waals surface area contributed by atoms with E-state index in [2.05, 4.69) is 111 Å². The molecule has 4 rings (SSSR count). The van der Waals surface area contributed by atoms with Crippen molar-refractivity contribution in [3.63, 3.8) is 0 Å². The van der Waals surface area contributed by atoms with Gasteiger partial charge in [-0.05, 0) is 138 Å². The van der Waals surface area contributed by atoms with E-state index in [-0.39, 0.29) is 12.4 Å². The van der Waals surface area contributed by atoms with Crippen LogP contribution in [0, 0.1) is 19.7 Å². The summed E-state index contributed by atoms with van der Waals surface area (Å²) in [4.78, 5) is 11.2. The number of carboxylic acid groups (broad SMARTS) is 1. The highest BCUT2D eigenvalue weighted by molar-refractivity contribution is 14.1. The maximum Gasteiger partial charge on any atom is 0.307 e. The summed E-state index contributed by atoms with van der Waals surface area (Å²) in [5.41, 5.74) is 7.68. The van der Waals surface area contributed by atoms with Gasteiger partial charge in [-0.3, -0.25) is 15.3 Å². The lowest BCUT2D eigenvalue weighted by atomic mass is 10.1. The minimum absolute atomic E-state index is 0.0491. The summed E-state index contributed by atoms with van der Waals surface area (Å²) < 4.78 is 55.4. The van der Waals surface area contributed by atoms with Crippen molar-refractivity contribution in [3.8, 4) is 23.0 Å². The Hall–Kier alpha value is -2.38. The second-order valence-corrected chi connectivity index (χ2v) is 17.2. The Morgan fingerprint density at radius 3 is 1.68 bits per heavy atom. The molecule has 0 amide bonds. The number of aliphatic carboxylic acids is 1. The molecule has 0 aliphatic heterocycles. The first-order valence-corrected chi connectivity index (χ1v) is 23.1. The number of nitrogens with zero attached hydrogens (tertiary/aromatic N) is 2. The number of rotatable bonds is 31. The number of carboxylic acids is 1. The van der Waals surface area contributed by atoms with Gasteiger partial charge in [-0.15, -0.1) is 5.10 Å². The third-order valence-electron chi connectivity index (χ3n) is 7.92. The normalized spacial score (nSPS) is 11.7. The molecule has 0 bridgehead atoms. The van der Waals surface area contributed by atoms with Crippen molar-refractivity contribution in [3.05, 3.63) is 85.8 Å². The van der Waals surface area contributed by atoms with E-state index in [1.807, 2.05) is 48.5 Å². The second-order valence-electron chi connectivity index (χ2n) is 12.5. The van der Waals surface area contributed by atoms with Crippen LogP contribution in [0.5, 0.6) is 23.0 Å². The number of hydrogen-bond donors (Lipinski definition) is 5. The Bertz CT molecular complexity index is 1830. The zero-order chi connectivity index (χ0) is 43.0. The van der Waals surface area contributed by atoms with Crippen LogP contribution in [0.4, 0.5) is 0 Å². The Morgan fingerprint density at radius 1 is 0.700 bits per heavy atom. The van der Waals surface area contributed by atoms with E-state index >= 15 is 0 Å². The standard InChI is InChI=1S/C39H48I4N6O11/c40-30-19-27(21-36(50)51)20-31(41)37(30)59-29-22-32(42)38(33(43)23-29)60-35(34-25-47-49-48-34)5-6-52-7-8-53-9-10-54-11-12-55-13-14-56-15-16-57-17-18-58-28-3-1-26(2-4-28)24-46-39(44)45/h1-4,19-20,22-23,25,35H,5-18,21,24H2,(H,50,51)(H4,44,45,46)(H,47,48,49). The smallest absolute Gasteiger partial charge is 0.307 e. The Labute approximate surface area is 403 Å². The summed E-state index contributed by atoms with van der Waals surface area (Å²) in [7, 11) is 0. The summed E-state index contributed by atoms with van der Waals surface area (Å²) in [6, 6.07) is 15.0. The lowest BCUT2D eigenvalue weighted by molar-refractivity contribution is -0.136. The maximum absolute atomic E-state index is 11.2. The quantitative estimate of drug-likeness (QED) is 0.0161. The highest BCUT2D eigenvalue weighted by Crippen LogP contribution is 2.39. The van der Waals surface area contributed by atoms with Crippen LogP contribution in [-0.2, 0) is 46.2 Å². The zero-order valence-electron chi connectivity index (χ0n) is 32.6. The van der Waals surface area contributed by atoms with Crippen LogP contribution in [0.3, 0.4) is 0 Å². The summed E-state index contributed by atoms with van der Waals surface area (Å²) >= 11 is 8.78. The predicted octanol–water partition coefficient (Wildman–Crippen LogP) is 6.31. The third-order valence-corrected chi connectivity index (χ3v) is 11.1. The van der Waals surface area contributed by atoms with Crippen LogP contribution in [-0.4, -0.2) is 118 Å². The zero-order valence-corrected chi connectivity index (χ0v) is 41.2. The van der Waals surface area contributed by atoms with Gasteiger partial charge in [-0.25, -0.2) is 0 Å². The van der Waals surface area contributed by atoms with Crippen molar-refractivity contribution in [2.45, 2.75) is 25.5 Å². The van der Waals surface area contributed by atoms with Crippen molar-refractivity contribution in [1.82, 2.24) is 20.7 Å². The molecule has 60 heavy (non-hydrogen) atoms. The molecule has 1 atom stereocenters. The lowest BCUT2D eigenvalue weighted by Gasteiger charge is -2.20. The number of H-pyrrole nitrogens is 1. The molecule has 0 aliphatic carbocycles. The highest BCUT2D eigenvalue weighted by atomic mass is 127. The molecule has 4 aromatic rings. The summed E-state index contributed by atoms with van der Waals surface area (Å²) in [6.45, 7) is 6.33. The number of aromatic nitrogens is 3. The molecule has 1 unspecified atom stereocenters.